The molecule has 4 heterocycles. The summed E-state index contributed by atoms with van der Waals surface area (Å²) in [4.78, 5) is 37.4. The number of hydrogen-bond donors (Lipinski definition) is 1. The van der Waals surface area contributed by atoms with E-state index in [1.807, 2.05) is 11.8 Å². The molecule has 11 nitrogen and oxygen atoms in total. The number of rotatable bonds is 9. The summed E-state index contributed by atoms with van der Waals surface area (Å²) in [5.41, 5.74) is -1.92. The van der Waals surface area contributed by atoms with E-state index in [0.29, 0.717) is 18.9 Å². The molecule has 0 spiro atoms. The molecule has 1 unspecified atom stereocenters. The highest BCUT2D eigenvalue weighted by molar-refractivity contribution is 5.83. The minimum absolute atomic E-state index is 0.0604. The monoisotopic (exact) mass is 526 g/mol. The Balaban J connectivity index is 1.32. The van der Waals surface area contributed by atoms with Gasteiger partial charge in [-0.05, 0) is 25.3 Å². The van der Waals surface area contributed by atoms with Gasteiger partial charge in [0.25, 0.3) is 11.5 Å². The summed E-state index contributed by atoms with van der Waals surface area (Å²) in [5, 5.41) is 5.15. The van der Waals surface area contributed by atoms with Crippen LogP contribution in [0, 0.1) is 6.92 Å². The molecule has 0 saturated carbocycles. The predicted octanol–water partition coefficient (Wildman–Crippen LogP) is 1.57. The summed E-state index contributed by atoms with van der Waals surface area (Å²) < 4.78 is 56.2. The number of piperidine rings is 1. The maximum absolute atomic E-state index is 13.3. The Kier molecular flexibility index (Phi) is 8.27. The second kappa shape index (κ2) is 11.4. The molecule has 202 valence electrons. The Hall–Kier alpha value is -3.26. The first kappa shape index (κ1) is 26.8. The summed E-state index contributed by atoms with van der Waals surface area (Å²) in [7, 11) is 1.35. The molecule has 2 atom stereocenters. The van der Waals surface area contributed by atoms with E-state index in [1.165, 1.54) is 7.11 Å². The zero-order chi connectivity index (χ0) is 26.6. The summed E-state index contributed by atoms with van der Waals surface area (Å²) in [5.74, 6) is -0.216. The van der Waals surface area contributed by atoms with E-state index in [9.17, 15) is 22.8 Å². The number of halogens is 3. The highest BCUT2D eigenvalue weighted by Gasteiger charge is 2.40. The number of methoxy groups -OCH3 is 1. The zero-order valence-electron chi connectivity index (χ0n) is 20.5. The van der Waals surface area contributed by atoms with Crippen LogP contribution in [0.4, 0.5) is 19.1 Å². The lowest BCUT2D eigenvalue weighted by atomic mass is 10.0. The quantitative estimate of drug-likeness (QED) is 0.519. The largest absolute Gasteiger partial charge is 0.483 e. The number of ether oxygens (including phenoxy) is 3. The number of aromatic nitrogens is 4. The number of nitrogens with zero attached hydrogens (tertiary/aromatic N) is 5. The van der Waals surface area contributed by atoms with Crippen LogP contribution in [-0.2, 0) is 20.4 Å². The average Bonchev–Trinajstić information content (AvgIpc) is 3.22. The molecule has 2 fully saturated rings. The predicted molar refractivity (Wildman–Crippen MR) is 124 cm³/mol. The first-order chi connectivity index (χ1) is 17.7. The summed E-state index contributed by atoms with van der Waals surface area (Å²) >= 11 is 0. The number of aryl methyl sites for hydroxylation is 1. The van der Waals surface area contributed by atoms with Crippen LogP contribution in [0.1, 0.15) is 30.4 Å². The second-order valence-electron chi connectivity index (χ2n) is 9.05. The molecule has 2 aromatic rings. The first-order valence-electron chi connectivity index (χ1n) is 11.9. The molecule has 14 heteroatoms. The van der Waals surface area contributed by atoms with Gasteiger partial charge < -0.3 is 24.0 Å². The molecule has 2 aromatic heterocycles. The SMILES string of the molecule is COCC(CO[C@H]1CCN(C2CCN(c3ncc(C)cn3)CC2)C1=O)Oc1cn[nH]c(=O)c1C(F)(F)F. The number of H-pyrrole nitrogens is 1. The minimum atomic E-state index is -4.94. The molecular weight excluding hydrogens is 497 g/mol. The van der Waals surface area contributed by atoms with E-state index in [4.69, 9.17) is 14.2 Å². The van der Waals surface area contributed by atoms with Gasteiger partial charge in [-0.25, -0.2) is 15.1 Å². The lowest BCUT2D eigenvalue weighted by molar-refractivity contribution is -0.142. The molecule has 0 aromatic carbocycles. The summed E-state index contributed by atoms with van der Waals surface area (Å²) in [6, 6.07) is 0.0604. The van der Waals surface area contributed by atoms with Crippen molar-refractivity contribution in [2.45, 2.75) is 50.6 Å². The fraction of sp³-hybridized carbons (Fsp3) is 0.609. The number of hydrogen-bond acceptors (Lipinski definition) is 9. The third-order valence-corrected chi connectivity index (χ3v) is 6.38. The van der Waals surface area contributed by atoms with E-state index < -0.39 is 35.3 Å². The van der Waals surface area contributed by atoms with E-state index in [0.717, 1.165) is 37.7 Å². The van der Waals surface area contributed by atoms with E-state index in [1.54, 1.807) is 17.5 Å². The van der Waals surface area contributed by atoms with Crippen LogP contribution in [0.25, 0.3) is 0 Å². The number of likely N-dealkylation sites (tertiary alicyclic amines) is 1. The number of amides is 1. The average molecular weight is 527 g/mol. The molecule has 0 aliphatic carbocycles. The maximum Gasteiger partial charge on any atom is 0.425 e. The Morgan fingerprint density at radius 2 is 1.78 bits per heavy atom. The van der Waals surface area contributed by atoms with Crippen LogP contribution in [0.2, 0.25) is 0 Å². The smallest absolute Gasteiger partial charge is 0.425 e. The van der Waals surface area contributed by atoms with Gasteiger partial charge in [0, 0.05) is 51.6 Å². The molecular formula is C23H29F3N6O5. The molecule has 0 radical (unpaired) electrons. The van der Waals surface area contributed by atoms with Gasteiger partial charge in [0.1, 0.15) is 12.2 Å². The van der Waals surface area contributed by atoms with Gasteiger partial charge in [-0.3, -0.25) is 9.59 Å². The highest BCUT2D eigenvalue weighted by atomic mass is 19.4. The van der Waals surface area contributed by atoms with Crippen molar-refractivity contribution in [3.8, 4) is 5.75 Å². The fourth-order valence-electron chi connectivity index (χ4n) is 4.56. The number of nitrogens with one attached hydrogen (secondary N) is 1. The van der Waals surface area contributed by atoms with Crippen molar-refractivity contribution in [1.29, 1.82) is 0 Å². The molecule has 1 N–H and O–H groups in total. The van der Waals surface area contributed by atoms with Crippen molar-refractivity contribution in [2.75, 3.05) is 44.9 Å². The van der Waals surface area contributed by atoms with Crippen molar-refractivity contribution >= 4 is 11.9 Å². The number of alkyl halides is 3. The van der Waals surface area contributed by atoms with Gasteiger partial charge in [0.2, 0.25) is 5.95 Å². The van der Waals surface area contributed by atoms with Gasteiger partial charge in [-0.1, -0.05) is 0 Å². The number of anilines is 1. The van der Waals surface area contributed by atoms with Gasteiger partial charge in [-0.15, -0.1) is 0 Å². The molecule has 4 rings (SSSR count). The van der Waals surface area contributed by atoms with E-state index in [2.05, 4.69) is 20.0 Å². The van der Waals surface area contributed by atoms with E-state index in [-0.39, 0.29) is 25.2 Å². The number of carbonyl (C=O) groups excluding carboxylic acids is 1. The third kappa shape index (κ3) is 6.36. The molecule has 2 aliphatic rings. The minimum Gasteiger partial charge on any atom is -0.483 e. The standard InChI is InChI=1S/C23H29F3N6O5/c1-14-9-27-22(28-10-14)31-6-3-15(4-7-31)32-8-5-17(21(32)34)36-13-16(12-35-2)37-18-11-29-30-20(33)19(18)23(24,25)26/h9-11,15-17H,3-8,12-13H2,1-2H3,(H,30,33)/t16?,17-/m0/s1. The van der Waals surface area contributed by atoms with Crippen LogP contribution in [0.5, 0.6) is 5.75 Å². The Labute approximate surface area is 210 Å². The van der Waals surface area contributed by atoms with Gasteiger partial charge in [-0.2, -0.15) is 18.3 Å². The van der Waals surface area contributed by atoms with Gasteiger partial charge >= 0.3 is 6.18 Å². The molecule has 2 aliphatic heterocycles. The molecule has 0 bridgehead atoms. The molecule has 2 saturated heterocycles. The highest BCUT2D eigenvalue weighted by Crippen LogP contribution is 2.33. The van der Waals surface area contributed by atoms with Crippen molar-refractivity contribution in [3.63, 3.8) is 0 Å². The van der Waals surface area contributed by atoms with Crippen molar-refractivity contribution < 1.29 is 32.2 Å². The Bertz CT molecular complexity index is 1120. The Morgan fingerprint density at radius 3 is 2.43 bits per heavy atom. The summed E-state index contributed by atoms with van der Waals surface area (Å²) in [6.45, 7) is 3.58. The lowest BCUT2D eigenvalue weighted by Crippen LogP contribution is -2.47. The fourth-order valence-corrected chi connectivity index (χ4v) is 4.56. The zero-order valence-corrected chi connectivity index (χ0v) is 20.5. The summed E-state index contributed by atoms with van der Waals surface area (Å²) in [6.07, 6.45) is -0.345. The first-order valence-corrected chi connectivity index (χ1v) is 11.9. The normalized spacial score (nSPS) is 19.9. The van der Waals surface area contributed by atoms with Crippen LogP contribution in [0.3, 0.4) is 0 Å². The van der Waals surface area contributed by atoms with Crippen molar-refractivity contribution in [1.82, 2.24) is 25.1 Å². The Morgan fingerprint density at radius 1 is 1.08 bits per heavy atom. The van der Waals surface area contributed by atoms with E-state index >= 15 is 0 Å². The van der Waals surface area contributed by atoms with Crippen molar-refractivity contribution in [2.24, 2.45) is 0 Å². The lowest BCUT2D eigenvalue weighted by Gasteiger charge is -2.36. The van der Waals surface area contributed by atoms with Crippen LogP contribution in [-0.4, -0.2) is 89.2 Å². The molecule has 37 heavy (non-hydrogen) atoms. The third-order valence-electron chi connectivity index (χ3n) is 6.38. The number of carbonyl (C=O) groups is 1. The second-order valence-corrected chi connectivity index (χ2v) is 9.05. The number of aromatic amines is 1. The van der Waals surface area contributed by atoms with Crippen LogP contribution >= 0.6 is 0 Å². The van der Waals surface area contributed by atoms with Gasteiger partial charge in [0.15, 0.2) is 11.3 Å². The molecule has 1 amide bonds. The topological polar surface area (TPSA) is 123 Å². The van der Waals surface area contributed by atoms with Crippen LogP contribution in [0.15, 0.2) is 23.4 Å². The maximum atomic E-state index is 13.3. The van der Waals surface area contributed by atoms with Crippen LogP contribution < -0.4 is 15.2 Å². The van der Waals surface area contributed by atoms with Crippen molar-refractivity contribution in [3.05, 3.63) is 40.1 Å². The van der Waals surface area contributed by atoms with Gasteiger partial charge in [0.05, 0.1) is 19.4 Å².